The average Bonchev–Trinajstić information content (AvgIpc) is 3.27. The highest BCUT2D eigenvalue weighted by Crippen LogP contribution is 2.45. The third-order valence-corrected chi connectivity index (χ3v) is 15.0. The molecule has 2 fully saturated rings. The molecule has 1 N–H and O–H groups in total. The Morgan fingerprint density at radius 1 is 1.02 bits per heavy atom. The van der Waals surface area contributed by atoms with Crippen molar-refractivity contribution in [3.05, 3.63) is 12.2 Å². The molecule has 1 saturated carbocycles. The van der Waals surface area contributed by atoms with Gasteiger partial charge in [-0.25, -0.2) is 8.78 Å². The van der Waals surface area contributed by atoms with E-state index in [1.54, 1.807) is 0 Å². The molecule has 0 aromatic heterocycles. The van der Waals surface area contributed by atoms with Gasteiger partial charge in [0.1, 0.15) is 6.10 Å². The first-order valence-electron chi connectivity index (χ1n) is 18.9. The second-order valence-electron chi connectivity index (χ2n) is 16.0. The van der Waals surface area contributed by atoms with Crippen LogP contribution < -0.4 is 0 Å². The number of aliphatic hydroxyl groups excluding tert-OH is 1. The molecule has 0 aromatic carbocycles. The minimum absolute atomic E-state index is 0.0615. The third kappa shape index (κ3) is 15.3. The van der Waals surface area contributed by atoms with Gasteiger partial charge in [-0.3, -0.25) is 4.79 Å². The van der Waals surface area contributed by atoms with Gasteiger partial charge in [-0.2, -0.15) is 0 Å². The van der Waals surface area contributed by atoms with Crippen molar-refractivity contribution in [1.82, 2.24) is 0 Å². The smallest absolute Gasteiger partial charge is 0.306 e. The van der Waals surface area contributed by atoms with Crippen molar-refractivity contribution < 1.29 is 37.3 Å². The molecule has 276 valence electrons. The van der Waals surface area contributed by atoms with E-state index in [0.29, 0.717) is 38.7 Å². The van der Waals surface area contributed by atoms with E-state index in [1.807, 2.05) is 13.8 Å². The molecule has 1 saturated heterocycles. The molecule has 1 heterocycles. The van der Waals surface area contributed by atoms with Gasteiger partial charge >= 0.3 is 5.97 Å². The monoisotopic (exact) mass is 688 g/mol. The molecule has 1 aliphatic heterocycles. The topological polar surface area (TPSA) is 74.2 Å². The fourth-order valence-corrected chi connectivity index (χ4v) is 7.99. The minimum atomic E-state index is -2.91. The summed E-state index contributed by atoms with van der Waals surface area (Å²) in [5.74, 6) is -3.19. The van der Waals surface area contributed by atoms with E-state index in [9.17, 15) is 9.90 Å². The number of halogens is 2. The van der Waals surface area contributed by atoms with Gasteiger partial charge in [0.15, 0.2) is 14.6 Å². The highest BCUT2D eigenvalue weighted by atomic mass is 28.4. The van der Waals surface area contributed by atoms with Crippen molar-refractivity contribution in [1.29, 1.82) is 0 Å². The number of unbranched alkanes of at least 4 members (excludes halogenated alkanes) is 6. The van der Waals surface area contributed by atoms with E-state index in [2.05, 4.69) is 52.9 Å². The van der Waals surface area contributed by atoms with Crippen molar-refractivity contribution in [3.63, 3.8) is 0 Å². The number of esters is 1. The highest BCUT2D eigenvalue weighted by Gasteiger charge is 2.49. The molecule has 0 amide bonds. The number of aliphatic hydroxyl groups is 1. The van der Waals surface area contributed by atoms with Gasteiger partial charge in [-0.15, -0.1) is 0 Å². The van der Waals surface area contributed by atoms with E-state index in [1.165, 1.54) is 0 Å². The van der Waals surface area contributed by atoms with Crippen LogP contribution in [-0.2, 0) is 23.4 Å². The highest BCUT2D eigenvalue weighted by molar-refractivity contribution is 6.74. The lowest BCUT2D eigenvalue weighted by molar-refractivity contribution is -0.197. The van der Waals surface area contributed by atoms with Crippen molar-refractivity contribution in [2.75, 3.05) is 6.61 Å². The lowest BCUT2D eigenvalue weighted by Gasteiger charge is -2.42. The van der Waals surface area contributed by atoms with Crippen molar-refractivity contribution in [2.24, 2.45) is 11.8 Å². The van der Waals surface area contributed by atoms with Gasteiger partial charge in [0.25, 0.3) is 5.92 Å². The molecule has 0 radical (unpaired) electrons. The lowest BCUT2D eigenvalue weighted by atomic mass is 9.85. The van der Waals surface area contributed by atoms with E-state index < -0.39 is 26.4 Å². The van der Waals surface area contributed by atoms with Crippen LogP contribution in [0.25, 0.3) is 0 Å². The van der Waals surface area contributed by atoms with Gasteiger partial charge in [0, 0.05) is 25.9 Å². The van der Waals surface area contributed by atoms with Gasteiger partial charge in [0.2, 0.25) is 0 Å². The Morgan fingerprint density at radius 3 is 2.38 bits per heavy atom. The zero-order valence-corrected chi connectivity index (χ0v) is 32.2. The lowest BCUT2D eigenvalue weighted by Crippen LogP contribution is -2.49. The zero-order valence-electron chi connectivity index (χ0n) is 31.2. The van der Waals surface area contributed by atoms with Crippen LogP contribution in [0.2, 0.25) is 18.1 Å². The molecule has 1 aliphatic carbocycles. The summed E-state index contributed by atoms with van der Waals surface area (Å²) >= 11 is 0. The first kappa shape index (κ1) is 42.3. The summed E-state index contributed by atoms with van der Waals surface area (Å²) in [6, 6.07) is 0. The van der Waals surface area contributed by atoms with Crippen LogP contribution in [0.3, 0.4) is 0 Å². The molecule has 9 heteroatoms. The van der Waals surface area contributed by atoms with Crippen LogP contribution in [0.4, 0.5) is 8.78 Å². The van der Waals surface area contributed by atoms with Gasteiger partial charge < -0.3 is 23.7 Å². The average molecular weight is 689 g/mol. The van der Waals surface area contributed by atoms with Crippen LogP contribution in [-0.4, -0.2) is 62.6 Å². The Balaban J connectivity index is 2.11. The maximum Gasteiger partial charge on any atom is 0.306 e. The first-order valence-corrected chi connectivity index (χ1v) is 21.8. The maximum absolute atomic E-state index is 16.0. The quantitative estimate of drug-likeness (QED) is 0.0528. The fourth-order valence-electron chi connectivity index (χ4n) is 6.63. The van der Waals surface area contributed by atoms with Gasteiger partial charge in [0.05, 0.1) is 18.3 Å². The Hall–Kier alpha value is -0.873. The Kier molecular flexibility index (Phi) is 18.6. The summed E-state index contributed by atoms with van der Waals surface area (Å²) in [5, 5.41) is 11.1. The number of ether oxygens (including phenoxy) is 3. The summed E-state index contributed by atoms with van der Waals surface area (Å²) < 4.78 is 56.1. The van der Waals surface area contributed by atoms with Gasteiger partial charge in [-0.05, 0) is 108 Å². The number of rotatable bonds is 22. The second-order valence-corrected chi connectivity index (χ2v) is 20.7. The standard InChI is InChI=1S/C38H70F2O6Si/c1-9-10-11-19-26-38(39,40)34(46-47(7,8)37(4,5)6)25-24-31-30(32(41)28-33(31)45-36-23-18-20-27-43-36)21-16-14-12-13-15-17-22-35(42)44-29(2)3/h14,16,29-34,36,41H,9-13,15,17-28H2,1-8H3/b16-14-/t30?,31-,32-,33-,34?,36?/m1/s1. The largest absolute Gasteiger partial charge is 0.463 e. The van der Waals surface area contributed by atoms with Crippen molar-refractivity contribution in [2.45, 2.75) is 205 Å². The number of carbonyl (C=O) groups is 1. The predicted octanol–water partition coefficient (Wildman–Crippen LogP) is 10.5. The summed E-state index contributed by atoms with van der Waals surface area (Å²) in [7, 11) is -2.46. The number of alkyl halides is 2. The molecular formula is C38H70F2O6Si. The van der Waals surface area contributed by atoms with Crippen molar-refractivity contribution >= 4 is 14.3 Å². The molecule has 3 unspecified atom stereocenters. The van der Waals surface area contributed by atoms with E-state index >= 15 is 8.78 Å². The summed E-state index contributed by atoms with van der Waals surface area (Å²) in [6.45, 7) is 16.9. The number of carbonyl (C=O) groups excluding carboxylic acids is 1. The summed E-state index contributed by atoms with van der Waals surface area (Å²) in [6.07, 6.45) is 14.0. The molecule has 6 atom stereocenters. The number of hydrogen-bond acceptors (Lipinski definition) is 6. The summed E-state index contributed by atoms with van der Waals surface area (Å²) in [4.78, 5) is 11.8. The van der Waals surface area contributed by atoms with E-state index in [-0.39, 0.29) is 54.2 Å². The molecule has 6 nitrogen and oxygen atoms in total. The van der Waals surface area contributed by atoms with Crippen LogP contribution >= 0.6 is 0 Å². The maximum atomic E-state index is 16.0. The molecule has 0 spiro atoms. The fraction of sp³-hybridized carbons (Fsp3) is 0.921. The second kappa shape index (κ2) is 20.7. The Labute approximate surface area is 287 Å². The molecule has 2 rings (SSSR count). The van der Waals surface area contributed by atoms with E-state index in [4.69, 9.17) is 18.6 Å². The predicted molar refractivity (Wildman–Crippen MR) is 189 cm³/mol. The Bertz CT molecular complexity index is 899. The SMILES string of the molecule is CCCCCCC(F)(F)C(CC[C@@H]1C(C/C=C\CCCCCC(=O)OC(C)C)[C@H](O)C[C@H]1OC1CCCCO1)O[Si](C)(C)C(C)(C)C. The minimum Gasteiger partial charge on any atom is -0.463 e. The molecule has 0 aromatic rings. The van der Waals surface area contributed by atoms with Crippen LogP contribution in [0.5, 0.6) is 0 Å². The Morgan fingerprint density at radius 2 is 1.74 bits per heavy atom. The molecule has 0 bridgehead atoms. The molecule has 47 heavy (non-hydrogen) atoms. The van der Waals surface area contributed by atoms with Gasteiger partial charge in [-0.1, -0.05) is 65.5 Å². The molecular weight excluding hydrogens is 618 g/mol. The van der Waals surface area contributed by atoms with Crippen LogP contribution in [0.1, 0.15) is 151 Å². The number of hydrogen-bond donors (Lipinski definition) is 1. The summed E-state index contributed by atoms with van der Waals surface area (Å²) in [5.41, 5.74) is 0. The first-order chi connectivity index (χ1) is 22.1. The van der Waals surface area contributed by atoms with E-state index in [0.717, 1.165) is 64.2 Å². The zero-order chi connectivity index (χ0) is 35.1. The third-order valence-electron chi connectivity index (χ3n) is 10.5. The van der Waals surface area contributed by atoms with Crippen LogP contribution in [0, 0.1) is 11.8 Å². The van der Waals surface area contributed by atoms with Crippen molar-refractivity contribution in [3.8, 4) is 0 Å². The normalized spacial score (nSPS) is 25.1. The molecule has 2 aliphatic rings. The number of allylic oxidation sites excluding steroid dienone is 2. The van der Waals surface area contributed by atoms with Crippen LogP contribution in [0.15, 0.2) is 12.2 Å².